The molecule has 3 rings (SSSR count). The molecule has 1 aromatic carbocycles. The van der Waals surface area contributed by atoms with Crippen molar-refractivity contribution in [2.45, 2.75) is 51.2 Å². The number of aliphatic hydroxyl groups excluding tert-OH is 1. The number of hydrogen-bond acceptors (Lipinski definition) is 5. The van der Waals surface area contributed by atoms with Crippen LogP contribution < -0.4 is 5.32 Å². The van der Waals surface area contributed by atoms with Gasteiger partial charge in [0.15, 0.2) is 5.82 Å². The van der Waals surface area contributed by atoms with Crippen LogP contribution in [-0.4, -0.2) is 21.2 Å². The van der Waals surface area contributed by atoms with Crippen LogP contribution in [0.3, 0.4) is 0 Å². The maximum Gasteiger partial charge on any atom is 0.249 e. The quantitative estimate of drug-likeness (QED) is 0.815. The second-order valence-corrected chi connectivity index (χ2v) is 6.68. The Bertz CT molecular complexity index is 680. The molecule has 2 unspecified atom stereocenters. The van der Waals surface area contributed by atoms with Crippen LogP contribution in [0.5, 0.6) is 0 Å². The van der Waals surface area contributed by atoms with Gasteiger partial charge in [0.25, 0.3) is 0 Å². The zero-order valence-electron chi connectivity index (χ0n) is 14.0. The highest BCUT2D eigenvalue weighted by molar-refractivity contribution is 5.77. The van der Waals surface area contributed by atoms with E-state index in [1.54, 1.807) is 12.1 Å². The first-order valence-electron chi connectivity index (χ1n) is 8.40. The number of nitrogens with zero attached hydrogens (tertiary/aromatic N) is 2. The molecule has 6 nitrogen and oxygen atoms in total. The van der Waals surface area contributed by atoms with E-state index in [9.17, 15) is 9.90 Å². The fourth-order valence-corrected chi connectivity index (χ4v) is 2.60. The normalized spacial score (nSPS) is 16.8. The minimum atomic E-state index is -0.830. The van der Waals surface area contributed by atoms with E-state index in [1.165, 1.54) is 0 Å². The lowest BCUT2D eigenvalue weighted by Gasteiger charge is -2.19. The topological polar surface area (TPSA) is 88.2 Å². The molecule has 1 aromatic heterocycles. The van der Waals surface area contributed by atoms with Gasteiger partial charge in [-0.3, -0.25) is 4.79 Å². The van der Waals surface area contributed by atoms with Crippen LogP contribution in [0.2, 0.25) is 0 Å². The Labute approximate surface area is 141 Å². The number of nitrogens with one attached hydrogen (secondary N) is 1. The van der Waals surface area contributed by atoms with Crippen molar-refractivity contribution in [3.63, 3.8) is 0 Å². The molecule has 0 radical (unpaired) electrons. The second kappa shape index (κ2) is 7.13. The van der Waals surface area contributed by atoms with Crippen molar-refractivity contribution < 1.29 is 14.4 Å². The first-order valence-corrected chi connectivity index (χ1v) is 8.40. The second-order valence-electron chi connectivity index (χ2n) is 6.68. The van der Waals surface area contributed by atoms with E-state index in [2.05, 4.69) is 15.5 Å². The summed E-state index contributed by atoms with van der Waals surface area (Å²) in [6.45, 7) is 3.97. The lowest BCUT2D eigenvalue weighted by atomic mass is 10.0. The molecule has 128 valence electrons. The summed E-state index contributed by atoms with van der Waals surface area (Å²) in [6, 6.07) is 8.81. The molecule has 1 aliphatic rings. The van der Waals surface area contributed by atoms with Crippen molar-refractivity contribution in [1.29, 1.82) is 0 Å². The van der Waals surface area contributed by atoms with E-state index >= 15 is 0 Å². The monoisotopic (exact) mass is 329 g/mol. The van der Waals surface area contributed by atoms with E-state index in [0.717, 1.165) is 24.2 Å². The smallest absolute Gasteiger partial charge is 0.249 e. The van der Waals surface area contributed by atoms with Gasteiger partial charge < -0.3 is 14.9 Å². The number of aliphatic hydroxyl groups is 1. The molecule has 0 saturated heterocycles. The van der Waals surface area contributed by atoms with Crippen LogP contribution in [0.15, 0.2) is 34.9 Å². The Hall–Kier alpha value is -2.21. The molecule has 6 heteroatoms. The fourth-order valence-electron chi connectivity index (χ4n) is 2.60. The first-order chi connectivity index (χ1) is 11.5. The molecule has 24 heavy (non-hydrogen) atoms. The predicted octanol–water partition coefficient (Wildman–Crippen LogP) is 2.88. The van der Waals surface area contributed by atoms with E-state index in [0.29, 0.717) is 11.8 Å². The van der Waals surface area contributed by atoms with Crippen molar-refractivity contribution in [1.82, 2.24) is 15.5 Å². The van der Waals surface area contributed by atoms with Crippen molar-refractivity contribution >= 4 is 5.91 Å². The summed E-state index contributed by atoms with van der Waals surface area (Å²) in [5.41, 5.74) is 0.725. The van der Waals surface area contributed by atoms with Gasteiger partial charge in [-0.15, -0.1) is 0 Å². The average Bonchev–Trinajstić information content (AvgIpc) is 3.31. The van der Waals surface area contributed by atoms with Gasteiger partial charge in [0.2, 0.25) is 11.8 Å². The van der Waals surface area contributed by atoms with E-state index in [-0.39, 0.29) is 24.3 Å². The van der Waals surface area contributed by atoms with Crippen molar-refractivity contribution in [2.75, 3.05) is 0 Å². The Balaban J connectivity index is 1.63. The Morgan fingerprint density at radius 3 is 2.67 bits per heavy atom. The predicted molar refractivity (Wildman–Crippen MR) is 88.0 cm³/mol. The van der Waals surface area contributed by atoms with Gasteiger partial charge in [-0.05, 0) is 24.3 Å². The summed E-state index contributed by atoms with van der Waals surface area (Å²) < 4.78 is 5.34. The van der Waals surface area contributed by atoms with Crippen LogP contribution in [0.25, 0.3) is 0 Å². The average molecular weight is 329 g/mol. The molecule has 1 amide bonds. The molecule has 1 fully saturated rings. The molecule has 0 spiro atoms. The third-order valence-corrected chi connectivity index (χ3v) is 4.21. The van der Waals surface area contributed by atoms with Crippen molar-refractivity contribution in [3.8, 4) is 0 Å². The third-order valence-electron chi connectivity index (χ3n) is 4.21. The number of amides is 1. The molecule has 1 saturated carbocycles. The summed E-state index contributed by atoms with van der Waals surface area (Å²) in [7, 11) is 0. The molecule has 0 bridgehead atoms. The van der Waals surface area contributed by atoms with Crippen LogP contribution in [0, 0.1) is 5.92 Å². The largest absolute Gasteiger partial charge is 0.388 e. The van der Waals surface area contributed by atoms with Gasteiger partial charge in [0.05, 0.1) is 12.5 Å². The number of carbonyl (C=O) groups excluding carboxylic acids is 1. The Morgan fingerprint density at radius 2 is 2.04 bits per heavy atom. The SMILES string of the molecule is CC(C)C(NC(=O)CC(O)c1ccccc1)c1nc(C2CC2)no1. The zero-order valence-corrected chi connectivity index (χ0v) is 14.0. The van der Waals surface area contributed by atoms with E-state index in [4.69, 9.17) is 4.52 Å². The van der Waals surface area contributed by atoms with Crippen molar-refractivity contribution in [3.05, 3.63) is 47.6 Å². The van der Waals surface area contributed by atoms with E-state index < -0.39 is 6.10 Å². The first kappa shape index (κ1) is 16.6. The Morgan fingerprint density at radius 1 is 1.33 bits per heavy atom. The van der Waals surface area contributed by atoms with E-state index in [1.807, 2.05) is 32.0 Å². The molecular weight excluding hydrogens is 306 g/mol. The maximum absolute atomic E-state index is 12.3. The minimum Gasteiger partial charge on any atom is -0.388 e. The van der Waals surface area contributed by atoms with Crippen LogP contribution >= 0.6 is 0 Å². The number of carbonyl (C=O) groups is 1. The molecule has 0 aliphatic heterocycles. The van der Waals surface area contributed by atoms with Crippen molar-refractivity contribution in [2.24, 2.45) is 5.92 Å². The number of aromatic nitrogens is 2. The summed E-state index contributed by atoms with van der Waals surface area (Å²) in [5.74, 6) is 1.45. The molecule has 2 aromatic rings. The van der Waals surface area contributed by atoms with Gasteiger partial charge in [-0.1, -0.05) is 49.3 Å². The lowest BCUT2D eigenvalue weighted by Crippen LogP contribution is -2.32. The third kappa shape index (κ3) is 4.00. The summed E-state index contributed by atoms with van der Waals surface area (Å²) in [6.07, 6.45) is 1.36. The fraction of sp³-hybridized carbons (Fsp3) is 0.500. The summed E-state index contributed by atoms with van der Waals surface area (Å²) in [4.78, 5) is 16.7. The molecule has 1 heterocycles. The number of hydrogen-bond donors (Lipinski definition) is 2. The van der Waals surface area contributed by atoms with Crippen LogP contribution in [0.4, 0.5) is 0 Å². The van der Waals surface area contributed by atoms with Gasteiger partial charge in [0.1, 0.15) is 6.04 Å². The highest BCUT2D eigenvalue weighted by atomic mass is 16.5. The lowest BCUT2D eigenvalue weighted by molar-refractivity contribution is -0.124. The van der Waals surface area contributed by atoms with Gasteiger partial charge >= 0.3 is 0 Å². The van der Waals surface area contributed by atoms with Gasteiger partial charge in [-0.2, -0.15) is 4.98 Å². The standard InChI is InChI=1S/C18H23N3O3/c1-11(2)16(18-20-17(21-24-18)13-8-9-13)19-15(23)10-14(22)12-6-4-3-5-7-12/h3-7,11,13-14,16,22H,8-10H2,1-2H3,(H,19,23). The molecule has 2 N–H and O–H groups in total. The maximum atomic E-state index is 12.3. The highest BCUT2D eigenvalue weighted by Gasteiger charge is 2.31. The number of benzene rings is 1. The van der Waals surface area contributed by atoms with Gasteiger partial charge in [0, 0.05) is 5.92 Å². The number of rotatable bonds is 7. The summed E-state index contributed by atoms with van der Waals surface area (Å²) in [5, 5.41) is 17.1. The molecule has 2 atom stereocenters. The highest BCUT2D eigenvalue weighted by Crippen LogP contribution is 2.38. The van der Waals surface area contributed by atoms with Crippen LogP contribution in [-0.2, 0) is 4.79 Å². The molecule has 1 aliphatic carbocycles. The Kier molecular flexibility index (Phi) is 4.94. The molecular formula is C18H23N3O3. The van der Waals surface area contributed by atoms with Gasteiger partial charge in [-0.25, -0.2) is 0 Å². The minimum absolute atomic E-state index is 0.00312. The summed E-state index contributed by atoms with van der Waals surface area (Å²) >= 11 is 0. The van der Waals surface area contributed by atoms with Crippen LogP contribution in [0.1, 0.15) is 68.5 Å². The zero-order chi connectivity index (χ0) is 17.1.